The fourth-order valence-corrected chi connectivity index (χ4v) is 4.08. The van der Waals surface area contributed by atoms with Gasteiger partial charge in [0.15, 0.2) is 0 Å². The van der Waals surface area contributed by atoms with Crippen LogP contribution in [-0.2, 0) is 16.1 Å². The summed E-state index contributed by atoms with van der Waals surface area (Å²) in [6.45, 7) is 6.88. The molecule has 0 spiro atoms. The second-order valence-electron chi connectivity index (χ2n) is 8.56. The molecule has 0 fully saturated rings. The lowest BCUT2D eigenvalue weighted by Gasteiger charge is -2.30. The van der Waals surface area contributed by atoms with Crippen molar-refractivity contribution >= 4 is 11.8 Å². The summed E-state index contributed by atoms with van der Waals surface area (Å²) in [5.41, 5.74) is 4.34. The molecular weight excluding hydrogens is 408 g/mol. The molecule has 3 rings (SSSR count). The molecule has 0 aliphatic heterocycles. The van der Waals surface area contributed by atoms with Crippen LogP contribution in [0.1, 0.15) is 54.9 Å². The molecule has 0 aliphatic rings. The number of amides is 2. The predicted octanol–water partition coefficient (Wildman–Crippen LogP) is 5.46. The summed E-state index contributed by atoms with van der Waals surface area (Å²) in [5.74, 6) is -0.229. The zero-order chi connectivity index (χ0) is 23.6. The van der Waals surface area contributed by atoms with E-state index >= 15 is 0 Å². The average molecular weight is 443 g/mol. The number of nitrogens with one attached hydrogen (secondary N) is 1. The van der Waals surface area contributed by atoms with E-state index in [2.05, 4.69) is 35.6 Å². The lowest BCUT2D eigenvalue weighted by molar-refractivity contribution is -0.140. The molecule has 0 radical (unpaired) electrons. The Hall–Kier alpha value is -3.40. The smallest absolute Gasteiger partial charge is 0.242 e. The van der Waals surface area contributed by atoms with Crippen LogP contribution < -0.4 is 5.32 Å². The Morgan fingerprint density at radius 3 is 2.03 bits per heavy atom. The minimum atomic E-state index is -0.559. The molecule has 172 valence electrons. The van der Waals surface area contributed by atoms with Crippen LogP contribution in [0.5, 0.6) is 0 Å². The fourth-order valence-electron chi connectivity index (χ4n) is 4.08. The molecule has 1 atom stereocenters. The highest BCUT2D eigenvalue weighted by molar-refractivity contribution is 5.87. The highest BCUT2D eigenvalue weighted by atomic mass is 16.2. The van der Waals surface area contributed by atoms with Gasteiger partial charge in [-0.1, -0.05) is 97.4 Å². The van der Waals surface area contributed by atoms with Crippen molar-refractivity contribution in [2.45, 2.75) is 52.1 Å². The number of carbonyl (C=O) groups is 2. The van der Waals surface area contributed by atoms with Crippen molar-refractivity contribution < 1.29 is 9.59 Å². The maximum absolute atomic E-state index is 13.8. The first-order chi connectivity index (χ1) is 16.0. The first kappa shape index (κ1) is 24.2. The van der Waals surface area contributed by atoms with Crippen LogP contribution in [0, 0.1) is 6.92 Å². The van der Waals surface area contributed by atoms with Crippen molar-refractivity contribution in [2.24, 2.45) is 0 Å². The zero-order valence-corrected chi connectivity index (χ0v) is 19.8. The topological polar surface area (TPSA) is 49.4 Å². The average Bonchev–Trinajstić information content (AvgIpc) is 2.85. The van der Waals surface area contributed by atoms with Crippen LogP contribution >= 0.6 is 0 Å². The molecule has 0 heterocycles. The summed E-state index contributed by atoms with van der Waals surface area (Å²) in [6.07, 6.45) is 1.15. The summed E-state index contributed by atoms with van der Waals surface area (Å²) < 4.78 is 0. The number of aryl methyl sites for hydroxylation is 1. The Bertz CT molecular complexity index is 994. The Labute approximate surface area is 197 Å². The van der Waals surface area contributed by atoms with Gasteiger partial charge >= 0.3 is 0 Å². The van der Waals surface area contributed by atoms with Gasteiger partial charge in [-0.05, 0) is 37.0 Å². The van der Waals surface area contributed by atoms with E-state index in [4.69, 9.17) is 0 Å². The number of hydrogen-bond acceptors (Lipinski definition) is 2. The summed E-state index contributed by atoms with van der Waals surface area (Å²) in [6, 6.07) is 27.8. The molecule has 33 heavy (non-hydrogen) atoms. The molecule has 0 aliphatic carbocycles. The molecule has 2 amide bonds. The summed E-state index contributed by atoms with van der Waals surface area (Å²) in [7, 11) is 0. The molecule has 0 saturated carbocycles. The van der Waals surface area contributed by atoms with Crippen LogP contribution in [0.15, 0.2) is 84.9 Å². The molecule has 4 heteroatoms. The van der Waals surface area contributed by atoms with Gasteiger partial charge in [-0.15, -0.1) is 0 Å². The third-order valence-electron chi connectivity index (χ3n) is 5.93. The highest BCUT2D eigenvalue weighted by Crippen LogP contribution is 2.29. The van der Waals surface area contributed by atoms with Crippen molar-refractivity contribution in [3.05, 3.63) is 107 Å². The fraction of sp³-hybridized carbons (Fsp3) is 0.310. The molecule has 3 aromatic carbocycles. The number of benzene rings is 3. The van der Waals surface area contributed by atoms with Crippen molar-refractivity contribution in [1.82, 2.24) is 10.2 Å². The van der Waals surface area contributed by atoms with Crippen molar-refractivity contribution in [3.8, 4) is 0 Å². The monoisotopic (exact) mass is 442 g/mol. The van der Waals surface area contributed by atoms with Crippen LogP contribution in [0.2, 0.25) is 0 Å². The molecule has 1 N–H and O–H groups in total. The Morgan fingerprint density at radius 2 is 1.48 bits per heavy atom. The van der Waals surface area contributed by atoms with E-state index in [0.717, 1.165) is 28.7 Å². The standard InChI is InChI=1S/C29H34N2O2/c1-4-18-30-29(33)23(3)31(21-24-13-11-12-22(2)19-24)28(32)20-27(25-14-7-5-8-15-25)26-16-9-6-10-17-26/h5-17,19,23,27H,4,18,20-21H2,1-3H3,(H,30,33)/t23-/m1/s1. The second kappa shape index (κ2) is 12.0. The highest BCUT2D eigenvalue weighted by Gasteiger charge is 2.28. The lowest BCUT2D eigenvalue weighted by Crippen LogP contribution is -2.48. The maximum Gasteiger partial charge on any atom is 0.242 e. The van der Waals surface area contributed by atoms with E-state index < -0.39 is 6.04 Å². The van der Waals surface area contributed by atoms with E-state index in [9.17, 15) is 9.59 Å². The third-order valence-corrected chi connectivity index (χ3v) is 5.93. The predicted molar refractivity (Wildman–Crippen MR) is 134 cm³/mol. The van der Waals surface area contributed by atoms with Gasteiger partial charge in [0.05, 0.1) is 0 Å². The molecule has 0 aromatic heterocycles. The van der Waals surface area contributed by atoms with Gasteiger partial charge in [-0.2, -0.15) is 0 Å². The van der Waals surface area contributed by atoms with Crippen molar-refractivity contribution in [3.63, 3.8) is 0 Å². The number of rotatable bonds is 10. The lowest BCUT2D eigenvalue weighted by atomic mass is 9.88. The maximum atomic E-state index is 13.8. The summed E-state index contributed by atoms with van der Waals surface area (Å²) in [5, 5.41) is 2.95. The Balaban J connectivity index is 1.90. The van der Waals surface area contributed by atoms with Gasteiger partial charge < -0.3 is 10.2 Å². The van der Waals surface area contributed by atoms with Gasteiger partial charge in [-0.25, -0.2) is 0 Å². The minimum absolute atomic E-state index is 0.0339. The van der Waals surface area contributed by atoms with E-state index in [1.807, 2.05) is 75.4 Å². The van der Waals surface area contributed by atoms with Crippen LogP contribution in [-0.4, -0.2) is 29.3 Å². The van der Waals surface area contributed by atoms with Crippen molar-refractivity contribution in [1.29, 1.82) is 0 Å². The van der Waals surface area contributed by atoms with Crippen LogP contribution in [0.4, 0.5) is 0 Å². The quantitative estimate of drug-likeness (QED) is 0.453. The van der Waals surface area contributed by atoms with Gasteiger partial charge in [-0.3, -0.25) is 9.59 Å². The molecule has 0 unspecified atom stereocenters. The molecule has 0 saturated heterocycles. The van der Waals surface area contributed by atoms with Gasteiger partial charge in [0.25, 0.3) is 0 Å². The first-order valence-corrected chi connectivity index (χ1v) is 11.7. The minimum Gasteiger partial charge on any atom is -0.354 e. The normalized spacial score (nSPS) is 11.8. The van der Waals surface area contributed by atoms with Crippen LogP contribution in [0.3, 0.4) is 0 Å². The molecular formula is C29H34N2O2. The zero-order valence-electron chi connectivity index (χ0n) is 19.8. The molecule has 0 bridgehead atoms. The second-order valence-corrected chi connectivity index (χ2v) is 8.56. The van der Waals surface area contributed by atoms with E-state index in [-0.39, 0.29) is 17.7 Å². The largest absolute Gasteiger partial charge is 0.354 e. The summed E-state index contributed by atoms with van der Waals surface area (Å²) >= 11 is 0. The number of carbonyl (C=O) groups excluding carboxylic acids is 2. The van der Waals surface area contributed by atoms with Crippen LogP contribution in [0.25, 0.3) is 0 Å². The molecule has 3 aromatic rings. The number of hydrogen-bond donors (Lipinski definition) is 1. The Kier molecular flexibility index (Phi) is 8.82. The SMILES string of the molecule is CCCNC(=O)[C@@H](C)N(Cc1cccc(C)c1)C(=O)CC(c1ccccc1)c1ccccc1. The third kappa shape index (κ3) is 6.79. The number of nitrogens with zero attached hydrogens (tertiary/aromatic N) is 1. The van der Waals surface area contributed by atoms with Crippen molar-refractivity contribution in [2.75, 3.05) is 6.54 Å². The summed E-state index contributed by atoms with van der Waals surface area (Å²) in [4.78, 5) is 28.3. The van der Waals surface area contributed by atoms with E-state index in [1.165, 1.54) is 0 Å². The first-order valence-electron chi connectivity index (χ1n) is 11.7. The van der Waals surface area contributed by atoms with Gasteiger partial charge in [0.1, 0.15) is 6.04 Å². The van der Waals surface area contributed by atoms with Gasteiger partial charge in [0, 0.05) is 25.4 Å². The van der Waals surface area contributed by atoms with E-state index in [0.29, 0.717) is 19.5 Å². The van der Waals surface area contributed by atoms with E-state index in [1.54, 1.807) is 4.90 Å². The Morgan fingerprint density at radius 1 is 0.879 bits per heavy atom. The van der Waals surface area contributed by atoms with Gasteiger partial charge in [0.2, 0.25) is 11.8 Å². The molecule has 4 nitrogen and oxygen atoms in total.